The standard InChI is InChI=1S/C6H5O3/c1-5(7)9-6-3-2-4-8-6/h2,4H,1H3. The molecular weight excluding hydrogens is 120 g/mol. The van der Waals surface area contributed by atoms with E-state index in [0.717, 1.165) is 0 Å². The van der Waals surface area contributed by atoms with E-state index in [1.54, 1.807) is 0 Å². The predicted octanol–water partition coefficient (Wildman–Crippen LogP) is 1.01. The van der Waals surface area contributed by atoms with Gasteiger partial charge in [-0.2, -0.15) is 0 Å². The lowest BCUT2D eigenvalue weighted by Crippen LogP contribution is -1.99. The Morgan fingerprint density at radius 3 is 3.11 bits per heavy atom. The first-order valence-electron chi connectivity index (χ1n) is 2.42. The number of rotatable bonds is 1. The van der Waals surface area contributed by atoms with E-state index in [2.05, 4.69) is 15.2 Å². The van der Waals surface area contributed by atoms with E-state index in [-0.39, 0.29) is 5.95 Å². The first-order chi connectivity index (χ1) is 4.29. The molecule has 0 bridgehead atoms. The summed E-state index contributed by atoms with van der Waals surface area (Å²) >= 11 is 0. The van der Waals surface area contributed by atoms with E-state index < -0.39 is 5.97 Å². The molecule has 0 saturated carbocycles. The minimum absolute atomic E-state index is 0.113. The van der Waals surface area contributed by atoms with E-state index in [4.69, 9.17) is 0 Å². The van der Waals surface area contributed by atoms with Gasteiger partial charge < -0.3 is 9.15 Å². The van der Waals surface area contributed by atoms with E-state index >= 15 is 0 Å². The van der Waals surface area contributed by atoms with Crippen LogP contribution >= 0.6 is 0 Å². The van der Waals surface area contributed by atoms with Crippen molar-refractivity contribution in [3.63, 3.8) is 0 Å². The van der Waals surface area contributed by atoms with E-state index in [1.165, 1.54) is 19.3 Å². The van der Waals surface area contributed by atoms with Crippen molar-refractivity contribution in [2.24, 2.45) is 0 Å². The first-order valence-corrected chi connectivity index (χ1v) is 2.42. The third-order valence-electron chi connectivity index (χ3n) is 0.681. The highest BCUT2D eigenvalue weighted by molar-refractivity contribution is 5.68. The van der Waals surface area contributed by atoms with E-state index in [0.29, 0.717) is 0 Å². The molecule has 0 aliphatic rings. The highest BCUT2D eigenvalue weighted by Gasteiger charge is 1.97. The molecule has 9 heavy (non-hydrogen) atoms. The maximum atomic E-state index is 10.2. The molecule has 47 valence electrons. The Labute approximate surface area is 52.2 Å². The molecule has 1 aromatic heterocycles. The quantitative estimate of drug-likeness (QED) is 0.525. The summed E-state index contributed by atoms with van der Waals surface area (Å²) < 4.78 is 9.14. The molecule has 0 aliphatic heterocycles. The van der Waals surface area contributed by atoms with Gasteiger partial charge in [0.2, 0.25) is 0 Å². The third-order valence-corrected chi connectivity index (χ3v) is 0.681. The molecule has 0 atom stereocenters. The minimum Gasteiger partial charge on any atom is -0.433 e. The van der Waals surface area contributed by atoms with Crippen LogP contribution in [0.4, 0.5) is 0 Å². The van der Waals surface area contributed by atoms with Gasteiger partial charge in [-0.25, -0.2) is 0 Å². The van der Waals surface area contributed by atoms with Gasteiger partial charge in [0.25, 0.3) is 0 Å². The largest absolute Gasteiger partial charge is 0.433 e. The van der Waals surface area contributed by atoms with Crippen LogP contribution in [0.5, 0.6) is 5.95 Å². The SMILES string of the molecule is CC(=O)Oc1[c]cco1. The lowest BCUT2D eigenvalue weighted by Gasteiger charge is -1.90. The molecule has 1 aromatic rings. The Hall–Kier alpha value is -1.25. The smallest absolute Gasteiger partial charge is 0.310 e. The molecule has 0 spiro atoms. The fourth-order valence-electron chi connectivity index (χ4n) is 0.416. The normalized spacial score (nSPS) is 9.00. The Balaban J connectivity index is 2.58. The average Bonchev–Trinajstić information content (AvgIpc) is 2.15. The predicted molar refractivity (Wildman–Crippen MR) is 28.9 cm³/mol. The van der Waals surface area contributed by atoms with Gasteiger partial charge in [-0.05, 0) is 6.07 Å². The number of hydrogen-bond acceptors (Lipinski definition) is 3. The van der Waals surface area contributed by atoms with Crippen LogP contribution in [0.25, 0.3) is 0 Å². The first kappa shape index (κ1) is 5.88. The summed E-state index contributed by atoms with van der Waals surface area (Å²) in [6, 6.07) is 4.08. The second-order valence-electron chi connectivity index (χ2n) is 1.45. The molecule has 0 saturated heterocycles. The zero-order valence-electron chi connectivity index (χ0n) is 4.88. The van der Waals surface area contributed by atoms with Crippen LogP contribution < -0.4 is 4.74 Å². The number of hydrogen-bond donors (Lipinski definition) is 0. The summed E-state index contributed by atoms with van der Waals surface area (Å²) in [6.45, 7) is 1.30. The molecular formula is C6H5O3. The molecule has 0 N–H and O–H groups in total. The van der Waals surface area contributed by atoms with Gasteiger partial charge in [-0.1, -0.05) is 0 Å². The summed E-state index contributed by atoms with van der Waals surface area (Å²) in [7, 11) is 0. The number of carbonyl (C=O) groups is 1. The lowest BCUT2D eigenvalue weighted by atomic mass is 10.6. The molecule has 3 heteroatoms. The van der Waals surface area contributed by atoms with Crippen molar-refractivity contribution in [2.75, 3.05) is 0 Å². The van der Waals surface area contributed by atoms with E-state index in [9.17, 15) is 4.79 Å². The van der Waals surface area contributed by atoms with Gasteiger partial charge in [-0.15, -0.1) is 0 Å². The molecule has 1 radical (unpaired) electrons. The lowest BCUT2D eigenvalue weighted by molar-refractivity contribution is -0.133. The fourth-order valence-corrected chi connectivity index (χ4v) is 0.416. The molecule has 0 fully saturated rings. The summed E-state index contributed by atoms with van der Waals surface area (Å²) in [5.41, 5.74) is 0. The maximum absolute atomic E-state index is 10.2. The maximum Gasteiger partial charge on any atom is 0.310 e. The van der Waals surface area contributed by atoms with Gasteiger partial charge in [0.15, 0.2) is 0 Å². The molecule has 0 unspecified atom stereocenters. The van der Waals surface area contributed by atoms with Crippen LogP contribution in [-0.4, -0.2) is 5.97 Å². The topological polar surface area (TPSA) is 39.4 Å². The molecule has 0 amide bonds. The molecule has 3 nitrogen and oxygen atoms in total. The number of furan rings is 1. The highest BCUT2D eigenvalue weighted by atomic mass is 16.6. The second-order valence-corrected chi connectivity index (χ2v) is 1.45. The van der Waals surface area contributed by atoms with Crippen molar-refractivity contribution in [2.45, 2.75) is 6.92 Å². The van der Waals surface area contributed by atoms with Crippen molar-refractivity contribution >= 4 is 5.97 Å². The zero-order chi connectivity index (χ0) is 6.69. The van der Waals surface area contributed by atoms with E-state index in [1.807, 2.05) is 0 Å². The monoisotopic (exact) mass is 125 g/mol. The molecule has 0 aromatic carbocycles. The van der Waals surface area contributed by atoms with Gasteiger partial charge in [-0.3, -0.25) is 4.79 Å². The zero-order valence-corrected chi connectivity index (χ0v) is 4.88. The number of ether oxygens (including phenoxy) is 1. The van der Waals surface area contributed by atoms with Crippen LogP contribution in [0.3, 0.4) is 0 Å². The average molecular weight is 125 g/mol. The van der Waals surface area contributed by atoms with Gasteiger partial charge in [0.1, 0.15) is 0 Å². The fraction of sp³-hybridized carbons (Fsp3) is 0.167. The Morgan fingerprint density at radius 1 is 1.89 bits per heavy atom. The van der Waals surface area contributed by atoms with Crippen molar-refractivity contribution in [3.05, 3.63) is 18.4 Å². The summed E-state index contributed by atoms with van der Waals surface area (Å²) in [6.07, 6.45) is 1.39. The van der Waals surface area contributed by atoms with Gasteiger partial charge >= 0.3 is 11.9 Å². The third kappa shape index (κ3) is 1.60. The summed E-state index contributed by atoms with van der Waals surface area (Å²) in [5.74, 6) is -0.288. The van der Waals surface area contributed by atoms with Gasteiger partial charge in [0.05, 0.1) is 12.3 Å². The molecule has 1 rings (SSSR count). The van der Waals surface area contributed by atoms with Crippen LogP contribution in [0.2, 0.25) is 0 Å². The molecule has 1 heterocycles. The van der Waals surface area contributed by atoms with Crippen molar-refractivity contribution in [1.29, 1.82) is 0 Å². The van der Waals surface area contributed by atoms with Crippen molar-refractivity contribution < 1.29 is 13.9 Å². The Bertz CT molecular complexity index is 188. The van der Waals surface area contributed by atoms with Crippen molar-refractivity contribution in [1.82, 2.24) is 0 Å². The van der Waals surface area contributed by atoms with Crippen LogP contribution in [0.15, 0.2) is 16.7 Å². The number of esters is 1. The number of carbonyl (C=O) groups excluding carboxylic acids is 1. The summed E-state index contributed by atoms with van der Waals surface area (Å²) in [5, 5.41) is 0. The second kappa shape index (κ2) is 2.35. The van der Waals surface area contributed by atoms with Crippen molar-refractivity contribution in [3.8, 4) is 5.95 Å². The Morgan fingerprint density at radius 2 is 2.67 bits per heavy atom. The minimum atomic E-state index is -0.402. The van der Waals surface area contributed by atoms with Crippen LogP contribution in [-0.2, 0) is 4.79 Å². The highest BCUT2D eigenvalue weighted by Crippen LogP contribution is 2.08. The molecule has 0 aliphatic carbocycles. The Kier molecular flexibility index (Phi) is 1.53. The van der Waals surface area contributed by atoms with Crippen LogP contribution in [0.1, 0.15) is 6.92 Å². The van der Waals surface area contributed by atoms with Gasteiger partial charge in [0, 0.05) is 6.92 Å². The van der Waals surface area contributed by atoms with Crippen LogP contribution in [0, 0.1) is 6.07 Å². The summed E-state index contributed by atoms with van der Waals surface area (Å²) in [4.78, 5) is 10.2.